The number of hydrogen-bond donors (Lipinski definition) is 4. The Bertz CT molecular complexity index is 482. The molecule has 0 aliphatic heterocycles. The van der Waals surface area contributed by atoms with Crippen LogP contribution in [0.15, 0.2) is 24.3 Å². The summed E-state index contributed by atoms with van der Waals surface area (Å²) in [4.78, 5) is 22.9. The van der Waals surface area contributed by atoms with Crippen molar-refractivity contribution in [1.29, 1.82) is 0 Å². The van der Waals surface area contributed by atoms with E-state index >= 15 is 0 Å². The van der Waals surface area contributed by atoms with E-state index in [9.17, 15) is 9.59 Å². The van der Waals surface area contributed by atoms with Gasteiger partial charge in [0.15, 0.2) is 0 Å². The van der Waals surface area contributed by atoms with Crippen LogP contribution in [0.25, 0.3) is 0 Å². The number of hydrogen-bond acceptors (Lipinski definition) is 4. The maximum atomic E-state index is 11.9. The highest BCUT2D eigenvalue weighted by atomic mass is 32.2. The molecule has 7 heteroatoms. The van der Waals surface area contributed by atoms with E-state index in [-0.39, 0.29) is 0 Å². The van der Waals surface area contributed by atoms with Gasteiger partial charge in [0, 0.05) is 12.2 Å². The van der Waals surface area contributed by atoms with E-state index in [0.717, 1.165) is 5.56 Å². The van der Waals surface area contributed by atoms with Crippen molar-refractivity contribution in [3.05, 3.63) is 29.8 Å². The van der Waals surface area contributed by atoms with Gasteiger partial charge in [0.1, 0.15) is 6.04 Å². The Balaban J connectivity index is 2.58. The van der Waals surface area contributed by atoms with Gasteiger partial charge in [0.2, 0.25) is 0 Å². The molecule has 2 amide bonds. The van der Waals surface area contributed by atoms with Crippen LogP contribution in [-0.4, -0.2) is 42.2 Å². The number of rotatable bonds is 8. The number of aliphatic carboxylic acids is 1. The molecule has 6 nitrogen and oxygen atoms in total. The maximum Gasteiger partial charge on any atom is 0.326 e. The van der Waals surface area contributed by atoms with Crippen LogP contribution in [0.5, 0.6) is 0 Å². The summed E-state index contributed by atoms with van der Waals surface area (Å²) >= 11 is 1.54. The van der Waals surface area contributed by atoms with Crippen LogP contribution in [0.3, 0.4) is 0 Å². The monoisotopic (exact) mass is 311 g/mol. The molecule has 0 bridgehead atoms. The minimum Gasteiger partial charge on any atom is -0.480 e. The third-order valence-corrected chi connectivity index (χ3v) is 3.42. The fourth-order valence-electron chi connectivity index (χ4n) is 1.78. The van der Waals surface area contributed by atoms with Crippen molar-refractivity contribution in [3.8, 4) is 0 Å². The highest BCUT2D eigenvalue weighted by Crippen LogP contribution is 2.10. The zero-order valence-corrected chi connectivity index (χ0v) is 13.0. The van der Waals surface area contributed by atoms with Crippen molar-refractivity contribution < 1.29 is 14.7 Å². The first-order chi connectivity index (χ1) is 10.1. The highest BCUT2D eigenvalue weighted by molar-refractivity contribution is 7.98. The molecule has 0 aliphatic rings. The van der Waals surface area contributed by atoms with Gasteiger partial charge >= 0.3 is 12.0 Å². The van der Waals surface area contributed by atoms with Gasteiger partial charge in [-0.2, -0.15) is 11.8 Å². The fraction of sp³-hybridized carbons (Fsp3) is 0.429. The normalized spacial score (nSPS) is 11.7. The number of thioether (sulfide) groups is 1. The molecule has 116 valence electrons. The number of urea groups is 1. The lowest BCUT2D eigenvalue weighted by atomic mass is 10.2. The Labute approximate surface area is 128 Å². The van der Waals surface area contributed by atoms with E-state index in [1.165, 1.54) is 0 Å². The molecule has 0 fully saturated rings. The summed E-state index contributed by atoms with van der Waals surface area (Å²) in [5.41, 5.74) is 1.67. The van der Waals surface area contributed by atoms with Crippen LogP contribution in [-0.2, 0) is 11.3 Å². The van der Waals surface area contributed by atoms with Gasteiger partial charge in [-0.1, -0.05) is 12.1 Å². The summed E-state index contributed by atoms with van der Waals surface area (Å²) in [6.07, 6.45) is 2.29. The van der Waals surface area contributed by atoms with Gasteiger partial charge in [-0.15, -0.1) is 0 Å². The summed E-state index contributed by atoms with van der Waals surface area (Å²) in [7, 11) is 1.84. The summed E-state index contributed by atoms with van der Waals surface area (Å²) < 4.78 is 0. The molecule has 1 aromatic carbocycles. The third-order valence-electron chi connectivity index (χ3n) is 2.78. The number of benzene rings is 1. The number of amides is 2. The van der Waals surface area contributed by atoms with Crippen LogP contribution >= 0.6 is 11.8 Å². The SMILES string of the molecule is CNCc1cccc(NC(=O)NC(CCSC)C(=O)O)c1. The van der Waals surface area contributed by atoms with Crippen molar-refractivity contribution in [1.82, 2.24) is 10.6 Å². The van der Waals surface area contributed by atoms with Crippen molar-refractivity contribution in [2.45, 2.75) is 19.0 Å². The average molecular weight is 311 g/mol. The molecule has 4 N–H and O–H groups in total. The lowest BCUT2D eigenvalue weighted by Gasteiger charge is -2.15. The Morgan fingerprint density at radius 3 is 2.76 bits per heavy atom. The van der Waals surface area contributed by atoms with Crippen LogP contribution in [0.4, 0.5) is 10.5 Å². The minimum absolute atomic E-state index is 0.393. The molecule has 0 heterocycles. The predicted octanol–water partition coefficient (Wildman–Crippen LogP) is 1.73. The van der Waals surface area contributed by atoms with E-state index in [0.29, 0.717) is 24.4 Å². The molecule has 0 saturated carbocycles. The molecule has 0 spiro atoms. The number of anilines is 1. The first-order valence-electron chi connectivity index (χ1n) is 6.59. The quantitative estimate of drug-likeness (QED) is 0.587. The second-order valence-electron chi connectivity index (χ2n) is 4.50. The number of nitrogens with one attached hydrogen (secondary N) is 3. The van der Waals surface area contributed by atoms with Crippen LogP contribution in [0.2, 0.25) is 0 Å². The number of carbonyl (C=O) groups excluding carboxylic acids is 1. The molecule has 0 radical (unpaired) electrons. The molecular formula is C14H21N3O3S. The summed E-state index contributed by atoms with van der Waals surface area (Å²) in [5.74, 6) is -0.349. The smallest absolute Gasteiger partial charge is 0.326 e. The van der Waals surface area contributed by atoms with Crippen molar-refractivity contribution in [3.63, 3.8) is 0 Å². The molecule has 1 unspecified atom stereocenters. The first kappa shape index (κ1) is 17.3. The van der Waals surface area contributed by atoms with E-state index in [2.05, 4.69) is 16.0 Å². The van der Waals surface area contributed by atoms with E-state index in [1.54, 1.807) is 17.8 Å². The van der Waals surface area contributed by atoms with Gasteiger partial charge in [0.25, 0.3) is 0 Å². The highest BCUT2D eigenvalue weighted by Gasteiger charge is 2.19. The topological polar surface area (TPSA) is 90.5 Å². The standard InChI is InChI=1S/C14H21N3O3S/c1-15-9-10-4-3-5-11(8-10)16-14(20)17-12(13(18)19)6-7-21-2/h3-5,8,12,15H,6-7,9H2,1-2H3,(H,18,19)(H2,16,17,20). The first-order valence-corrected chi connectivity index (χ1v) is 7.99. The Morgan fingerprint density at radius 1 is 1.38 bits per heavy atom. The average Bonchev–Trinajstić information content (AvgIpc) is 2.44. The second kappa shape index (κ2) is 9.25. The van der Waals surface area contributed by atoms with Crippen LogP contribution < -0.4 is 16.0 Å². The fourth-order valence-corrected chi connectivity index (χ4v) is 2.25. The minimum atomic E-state index is -1.02. The molecule has 1 atom stereocenters. The van der Waals surface area contributed by atoms with Gasteiger partial charge in [-0.25, -0.2) is 9.59 Å². The number of carboxylic acids is 1. The molecule has 1 aromatic rings. The van der Waals surface area contributed by atoms with Gasteiger partial charge in [-0.05, 0) is 43.2 Å². The summed E-state index contributed by atoms with van der Waals surface area (Å²) in [6, 6.07) is 6.00. The maximum absolute atomic E-state index is 11.9. The third kappa shape index (κ3) is 6.50. The van der Waals surface area contributed by atoms with Gasteiger partial charge in [-0.3, -0.25) is 0 Å². The van der Waals surface area contributed by atoms with E-state index in [1.807, 2.05) is 31.5 Å². The zero-order chi connectivity index (χ0) is 15.7. The lowest BCUT2D eigenvalue weighted by molar-refractivity contribution is -0.139. The van der Waals surface area contributed by atoms with Crippen molar-refractivity contribution >= 4 is 29.4 Å². The van der Waals surface area contributed by atoms with Crippen LogP contribution in [0.1, 0.15) is 12.0 Å². The van der Waals surface area contributed by atoms with Gasteiger partial charge < -0.3 is 21.1 Å². The number of carbonyl (C=O) groups is 2. The lowest BCUT2D eigenvalue weighted by Crippen LogP contribution is -2.43. The largest absolute Gasteiger partial charge is 0.480 e. The molecule has 0 saturated heterocycles. The molecule has 0 aliphatic carbocycles. The van der Waals surface area contributed by atoms with Crippen molar-refractivity contribution in [2.75, 3.05) is 24.4 Å². The van der Waals surface area contributed by atoms with E-state index in [4.69, 9.17) is 5.11 Å². The second-order valence-corrected chi connectivity index (χ2v) is 5.49. The summed E-state index contributed by atoms with van der Waals surface area (Å²) in [6.45, 7) is 0.697. The molecule has 0 aromatic heterocycles. The number of carboxylic acid groups (broad SMARTS) is 1. The molecule has 1 rings (SSSR count). The predicted molar refractivity (Wildman–Crippen MR) is 85.8 cm³/mol. The molecular weight excluding hydrogens is 290 g/mol. The summed E-state index contributed by atoms with van der Waals surface area (Å²) in [5, 5.41) is 17.2. The Hall–Kier alpha value is -1.73. The van der Waals surface area contributed by atoms with Gasteiger partial charge in [0.05, 0.1) is 0 Å². The van der Waals surface area contributed by atoms with Crippen LogP contribution in [0, 0.1) is 0 Å². The molecule has 21 heavy (non-hydrogen) atoms. The Morgan fingerprint density at radius 2 is 2.14 bits per heavy atom. The zero-order valence-electron chi connectivity index (χ0n) is 12.2. The van der Waals surface area contributed by atoms with Crippen molar-refractivity contribution in [2.24, 2.45) is 0 Å². The Kier molecular flexibility index (Phi) is 7.63. The van der Waals surface area contributed by atoms with E-state index < -0.39 is 18.0 Å².